The molecule has 9 heteroatoms. The monoisotopic (exact) mass is 446 g/mol. The van der Waals surface area contributed by atoms with Gasteiger partial charge in [-0.2, -0.15) is 4.31 Å². The summed E-state index contributed by atoms with van der Waals surface area (Å²) >= 11 is 1.40. The summed E-state index contributed by atoms with van der Waals surface area (Å²) in [7, 11) is -3.65. The van der Waals surface area contributed by atoms with Gasteiger partial charge in [0.15, 0.2) is 10.8 Å². The van der Waals surface area contributed by atoms with E-state index in [4.69, 9.17) is 9.15 Å². The molecule has 1 aliphatic rings. The first kappa shape index (κ1) is 20.8. The first-order valence-electron chi connectivity index (χ1n) is 9.72. The van der Waals surface area contributed by atoms with Crippen molar-refractivity contribution in [2.24, 2.45) is 0 Å². The van der Waals surface area contributed by atoms with Gasteiger partial charge in [0.05, 0.1) is 22.4 Å². The highest BCUT2D eigenvalue weighted by molar-refractivity contribution is 7.89. The number of rotatable bonds is 6. The Morgan fingerprint density at radius 1 is 1.30 bits per heavy atom. The molecule has 0 spiro atoms. The van der Waals surface area contributed by atoms with Gasteiger partial charge in [-0.3, -0.25) is 0 Å². The third-order valence-corrected chi connectivity index (χ3v) is 7.97. The Bertz CT molecular complexity index is 1120. The van der Waals surface area contributed by atoms with Crippen molar-refractivity contribution in [1.82, 2.24) is 9.29 Å². The number of ether oxygens (including phenoxy) is 1. The molecule has 0 radical (unpaired) electrons. The molecule has 0 amide bonds. The van der Waals surface area contributed by atoms with E-state index < -0.39 is 16.0 Å². The molecule has 7 nitrogen and oxygen atoms in total. The normalized spacial score (nSPS) is 17.7. The smallest absolute Gasteiger partial charge is 0.338 e. The number of sulfonamides is 1. The number of furan rings is 1. The topological polar surface area (TPSA) is 89.7 Å². The number of nitrogens with zero attached hydrogens (tertiary/aromatic N) is 2. The van der Waals surface area contributed by atoms with Gasteiger partial charge in [0.1, 0.15) is 6.61 Å². The van der Waals surface area contributed by atoms with Crippen LogP contribution in [0.2, 0.25) is 0 Å². The summed E-state index contributed by atoms with van der Waals surface area (Å²) in [5.74, 6) is 0.0636. The van der Waals surface area contributed by atoms with Crippen LogP contribution in [0.4, 0.5) is 0 Å². The van der Waals surface area contributed by atoms with Crippen LogP contribution < -0.4 is 0 Å². The maximum atomic E-state index is 13.0. The molecule has 3 heterocycles. The number of carbonyl (C=O) groups is 1. The highest BCUT2D eigenvalue weighted by Crippen LogP contribution is 2.26. The van der Waals surface area contributed by atoms with Crippen LogP contribution in [0.5, 0.6) is 0 Å². The molecule has 4 rings (SSSR count). The predicted octanol–water partition coefficient (Wildman–Crippen LogP) is 4.32. The van der Waals surface area contributed by atoms with E-state index in [1.165, 1.54) is 27.8 Å². The van der Waals surface area contributed by atoms with Crippen LogP contribution in [-0.4, -0.2) is 36.3 Å². The summed E-state index contributed by atoms with van der Waals surface area (Å²) in [5.41, 5.74) is 0.799. The van der Waals surface area contributed by atoms with Crippen LogP contribution in [0, 0.1) is 0 Å². The Labute approximate surface area is 179 Å². The Kier molecular flexibility index (Phi) is 6.03. The van der Waals surface area contributed by atoms with Crippen molar-refractivity contribution in [2.75, 3.05) is 6.54 Å². The minimum Gasteiger partial charge on any atom is -0.462 e. The number of esters is 1. The van der Waals surface area contributed by atoms with E-state index >= 15 is 0 Å². The number of thiazole rings is 1. The molecule has 0 bridgehead atoms. The van der Waals surface area contributed by atoms with E-state index in [1.807, 2.05) is 13.0 Å². The zero-order chi connectivity index (χ0) is 21.1. The Balaban J connectivity index is 1.45. The molecule has 1 aromatic carbocycles. The molecular weight excluding hydrogens is 424 g/mol. The van der Waals surface area contributed by atoms with Crippen molar-refractivity contribution in [2.45, 2.75) is 43.7 Å². The van der Waals surface area contributed by atoms with Crippen LogP contribution in [0.3, 0.4) is 0 Å². The second kappa shape index (κ2) is 8.71. The van der Waals surface area contributed by atoms with Gasteiger partial charge in [-0.05, 0) is 50.1 Å². The number of carbonyl (C=O) groups excluding carboxylic acids is 1. The van der Waals surface area contributed by atoms with E-state index in [1.54, 1.807) is 29.8 Å². The zero-order valence-corrected chi connectivity index (χ0v) is 18.1. The fraction of sp³-hybridized carbons (Fsp3) is 0.333. The summed E-state index contributed by atoms with van der Waals surface area (Å²) < 4.78 is 38.2. The Morgan fingerprint density at radius 2 is 2.17 bits per heavy atom. The first-order valence-corrected chi connectivity index (χ1v) is 12.0. The van der Waals surface area contributed by atoms with Crippen molar-refractivity contribution in [3.8, 4) is 10.8 Å². The first-order chi connectivity index (χ1) is 14.4. The Hall–Kier alpha value is -2.49. The second-order valence-corrected chi connectivity index (χ2v) is 9.93. The van der Waals surface area contributed by atoms with Gasteiger partial charge in [0.25, 0.3) is 0 Å². The van der Waals surface area contributed by atoms with E-state index in [0.29, 0.717) is 23.0 Å². The van der Waals surface area contributed by atoms with Gasteiger partial charge in [0, 0.05) is 18.0 Å². The highest BCUT2D eigenvalue weighted by atomic mass is 32.2. The van der Waals surface area contributed by atoms with Gasteiger partial charge in [-0.25, -0.2) is 18.2 Å². The molecule has 0 aliphatic carbocycles. The van der Waals surface area contributed by atoms with Crippen molar-refractivity contribution >= 4 is 27.3 Å². The molecule has 0 unspecified atom stereocenters. The molecule has 0 N–H and O–H groups in total. The van der Waals surface area contributed by atoms with E-state index in [0.717, 1.165) is 19.3 Å². The van der Waals surface area contributed by atoms with Gasteiger partial charge >= 0.3 is 5.97 Å². The van der Waals surface area contributed by atoms with Crippen molar-refractivity contribution in [3.05, 3.63) is 59.3 Å². The lowest BCUT2D eigenvalue weighted by molar-refractivity contribution is 0.0468. The molecule has 1 aliphatic heterocycles. The lowest BCUT2D eigenvalue weighted by Gasteiger charge is -2.32. The van der Waals surface area contributed by atoms with Crippen molar-refractivity contribution in [3.63, 3.8) is 0 Å². The summed E-state index contributed by atoms with van der Waals surface area (Å²) in [4.78, 5) is 17.0. The molecule has 2 aromatic heterocycles. The summed E-state index contributed by atoms with van der Waals surface area (Å²) in [6.07, 6.45) is 4.29. The van der Waals surface area contributed by atoms with Crippen LogP contribution in [-0.2, 0) is 21.4 Å². The van der Waals surface area contributed by atoms with Crippen LogP contribution in [0.15, 0.2) is 57.4 Å². The quantitative estimate of drug-likeness (QED) is 0.524. The number of hydrogen-bond acceptors (Lipinski definition) is 7. The Morgan fingerprint density at radius 3 is 2.93 bits per heavy atom. The number of hydrogen-bond donors (Lipinski definition) is 0. The average Bonchev–Trinajstić information content (AvgIpc) is 3.44. The van der Waals surface area contributed by atoms with E-state index in [9.17, 15) is 13.2 Å². The molecule has 1 saturated heterocycles. The third-order valence-electron chi connectivity index (χ3n) is 5.05. The molecule has 0 saturated carbocycles. The van der Waals surface area contributed by atoms with Crippen molar-refractivity contribution in [1.29, 1.82) is 0 Å². The van der Waals surface area contributed by atoms with Gasteiger partial charge in [-0.1, -0.05) is 12.5 Å². The minimum atomic E-state index is -3.65. The minimum absolute atomic E-state index is 0.00379. The fourth-order valence-corrected chi connectivity index (χ4v) is 5.97. The van der Waals surface area contributed by atoms with Gasteiger partial charge < -0.3 is 9.15 Å². The lowest BCUT2D eigenvalue weighted by atomic mass is 10.1. The number of benzene rings is 1. The van der Waals surface area contributed by atoms with Crippen LogP contribution in [0.25, 0.3) is 10.8 Å². The summed E-state index contributed by atoms with van der Waals surface area (Å²) in [6, 6.07) is 9.56. The average molecular weight is 447 g/mol. The highest BCUT2D eigenvalue weighted by Gasteiger charge is 2.31. The second-order valence-electron chi connectivity index (χ2n) is 7.19. The van der Waals surface area contributed by atoms with Crippen molar-refractivity contribution < 1.29 is 22.4 Å². The molecule has 3 aromatic rings. The van der Waals surface area contributed by atoms with Crippen LogP contribution >= 0.6 is 11.3 Å². The van der Waals surface area contributed by atoms with Gasteiger partial charge in [-0.15, -0.1) is 11.3 Å². The molecule has 1 atom stereocenters. The standard InChI is InChI=1S/C21H22N2O5S2/c1-15-6-2-3-10-23(15)30(25,26)18-8-4-7-16(12-18)21(24)28-13-17-14-29-20(22-17)19-9-5-11-27-19/h4-5,7-9,11-12,14-15H,2-3,6,10,13H2,1H3/t15-/m0/s1. The maximum Gasteiger partial charge on any atom is 0.338 e. The summed E-state index contributed by atoms with van der Waals surface area (Å²) in [5, 5.41) is 2.50. The zero-order valence-electron chi connectivity index (χ0n) is 16.5. The number of aromatic nitrogens is 1. The third kappa shape index (κ3) is 4.33. The maximum absolute atomic E-state index is 13.0. The number of piperidine rings is 1. The van der Waals surface area contributed by atoms with E-state index in [2.05, 4.69) is 4.98 Å². The molecule has 30 heavy (non-hydrogen) atoms. The SMILES string of the molecule is C[C@H]1CCCCN1S(=O)(=O)c1cccc(C(=O)OCc2csc(-c3ccco3)n2)c1. The molecule has 1 fully saturated rings. The van der Waals surface area contributed by atoms with E-state index in [-0.39, 0.29) is 23.1 Å². The lowest BCUT2D eigenvalue weighted by Crippen LogP contribution is -2.41. The predicted molar refractivity (Wildman–Crippen MR) is 113 cm³/mol. The molecule has 158 valence electrons. The van der Waals surface area contributed by atoms with Crippen LogP contribution in [0.1, 0.15) is 42.2 Å². The largest absolute Gasteiger partial charge is 0.462 e. The fourth-order valence-electron chi connectivity index (χ4n) is 3.46. The molecular formula is C21H22N2O5S2. The summed E-state index contributed by atoms with van der Waals surface area (Å²) in [6.45, 7) is 2.41. The van der Waals surface area contributed by atoms with Gasteiger partial charge in [0.2, 0.25) is 10.0 Å².